The number of nitrogens with zero attached hydrogens (tertiary/aromatic N) is 1. The van der Waals surface area contributed by atoms with Crippen LogP contribution in [-0.2, 0) is 13.0 Å². The molecule has 2 heterocycles. The zero-order valence-corrected chi connectivity index (χ0v) is 16.7. The molecule has 9 heteroatoms. The Morgan fingerprint density at radius 1 is 1.28 bits per heavy atom. The van der Waals surface area contributed by atoms with E-state index in [1.807, 2.05) is 0 Å². The quantitative estimate of drug-likeness (QED) is 0.575. The second kappa shape index (κ2) is 8.52. The van der Waals surface area contributed by atoms with E-state index in [2.05, 4.69) is 25.9 Å². The Bertz CT molecular complexity index is 1130. The van der Waals surface area contributed by atoms with Crippen LogP contribution in [-0.4, -0.2) is 21.0 Å². The maximum absolute atomic E-state index is 13.9. The number of carbonyl (C=O) groups is 1. The van der Waals surface area contributed by atoms with Gasteiger partial charge in [0.2, 0.25) is 0 Å². The smallest absolute Gasteiger partial charge is 0.337 e. The SMILES string of the molecule is Cc1[nH]c(=O)c(Br)c(OCc2ccc(F)cc2F)c1Cc1ccc(C(=O)O)cn1. The number of carboxylic acid groups (broad SMARTS) is 1. The van der Waals surface area contributed by atoms with Gasteiger partial charge in [0.15, 0.2) is 0 Å². The Morgan fingerprint density at radius 3 is 2.66 bits per heavy atom. The van der Waals surface area contributed by atoms with E-state index in [9.17, 15) is 18.4 Å². The van der Waals surface area contributed by atoms with Crippen molar-refractivity contribution in [2.24, 2.45) is 0 Å². The molecule has 0 aliphatic rings. The fourth-order valence-corrected chi connectivity index (χ4v) is 3.15. The average molecular weight is 465 g/mol. The fourth-order valence-electron chi connectivity index (χ4n) is 2.70. The number of aromatic amines is 1. The molecule has 0 atom stereocenters. The summed E-state index contributed by atoms with van der Waals surface area (Å²) in [5.74, 6) is -2.33. The molecule has 0 saturated carbocycles. The van der Waals surface area contributed by atoms with E-state index in [0.717, 1.165) is 12.1 Å². The van der Waals surface area contributed by atoms with Crippen LogP contribution in [0.1, 0.15) is 32.9 Å². The van der Waals surface area contributed by atoms with E-state index in [1.54, 1.807) is 13.0 Å². The predicted octanol–water partition coefficient (Wildman–Crippen LogP) is 3.99. The molecule has 2 aromatic heterocycles. The van der Waals surface area contributed by atoms with Gasteiger partial charge in [-0.15, -0.1) is 0 Å². The number of ether oxygens (including phenoxy) is 1. The third-order valence-corrected chi connectivity index (χ3v) is 4.96. The van der Waals surface area contributed by atoms with Crippen LogP contribution in [0.25, 0.3) is 0 Å². The molecule has 0 fully saturated rings. The minimum absolute atomic E-state index is 0.0522. The summed E-state index contributed by atoms with van der Waals surface area (Å²) < 4.78 is 32.8. The van der Waals surface area contributed by atoms with Crippen molar-refractivity contribution in [2.45, 2.75) is 20.0 Å². The van der Waals surface area contributed by atoms with Crippen LogP contribution in [0, 0.1) is 18.6 Å². The summed E-state index contributed by atoms with van der Waals surface area (Å²) in [6.45, 7) is 1.46. The van der Waals surface area contributed by atoms with Gasteiger partial charge in [-0.1, -0.05) is 0 Å². The maximum atomic E-state index is 13.9. The molecular formula is C20H15BrF2N2O4. The summed E-state index contributed by atoms with van der Waals surface area (Å²) in [6.07, 6.45) is 1.48. The number of benzene rings is 1. The van der Waals surface area contributed by atoms with Gasteiger partial charge >= 0.3 is 5.97 Å². The fraction of sp³-hybridized carbons (Fsp3) is 0.150. The van der Waals surface area contributed by atoms with Crippen LogP contribution < -0.4 is 10.3 Å². The van der Waals surface area contributed by atoms with Gasteiger partial charge in [-0.25, -0.2) is 13.6 Å². The average Bonchev–Trinajstić information content (AvgIpc) is 2.67. The summed E-state index contributed by atoms with van der Waals surface area (Å²) in [7, 11) is 0. The van der Waals surface area contributed by atoms with Crippen LogP contribution >= 0.6 is 15.9 Å². The number of carboxylic acids is 1. The normalized spacial score (nSPS) is 10.8. The number of rotatable bonds is 6. The van der Waals surface area contributed by atoms with Crippen LogP contribution in [0.15, 0.2) is 45.8 Å². The van der Waals surface area contributed by atoms with Crippen molar-refractivity contribution in [1.29, 1.82) is 0 Å². The summed E-state index contributed by atoms with van der Waals surface area (Å²) in [6, 6.07) is 6.13. The van der Waals surface area contributed by atoms with Crippen molar-refractivity contribution in [3.05, 3.63) is 91.1 Å². The molecule has 0 saturated heterocycles. The lowest BCUT2D eigenvalue weighted by atomic mass is 10.1. The molecule has 0 aliphatic heterocycles. The Labute approximate surface area is 172 Å². The largest absolute Gasteiger partial charge is 0.487 e. The van der Waals surface area contributed by atoms with Crippen molar-refractivity contribution in [1.82, 2.24) is 9.97 Å². The van der Waals surface area contributed by atoms with Gasteiger partial charge in [0, 0.05) is 41.2 Å². The van der Waals surface area contributed by atoms with Crippen molar-refractivity contribution in [3.63, 3.8) is 0 Å². The Hall–Kier alpha value is -3.07. The van der Waals surface area contributed by atoms with Gasteiger partial charge in [0.1, 0.15) is 28.5 Å². The number of aryl methyl sites for hydroxylation is 1. The Morgan fingerprint density at radius 2 is 2.03 bits per heavy atom. The molecule has 0 amide bonds. The number of aromatic nitrogens is 2. The van der Waals surface area contributed by atoms with Gasteiger partial charge < -0.3 is 14.8 Å². The highest BCUT2D eigenvalue weighted by Crippen LogP contribution is 2.30. The topological polar surface area (TPSA) is 92.3 Å². The molecular weight excluding hydrogens is 450 g/mol. The van der Waals surface area contributed by atoms with Crippen molar-refractivity contribution in [3.8, 4) is 5.75 Å². The summed E-state index contributed by atoms with van der Waals surface area (Å²) in [5.41, 5.74) is 1.43. The number of aromatic carboxylic acids is 1. The molecule has 6 nitrogen and oxygen atoms in total. The molecule has 150 valence electrons. The third-order valence-electron chi connectivity index (χ3n) is 4.24. The van der Waals surface area contributed by atoms with Gasteiger partial charge in [0.05, 0.1) is 5.56 Å². The van der Waals surface area contributed by atoms with Crippen LogP contribution in [0.5, 0.6) is 5.75 Å². The Balaban J connectivity index is 1.93. The molecule has 0 spiro atoms. The van der Waals surface area contributed by atoms with E-state index < -0.39 is 23.2 Å². The molecule has 3 aromatic rings. The van der Waals surface area contributed by atoms with E-state index in [0.29, 0.717) is 17.0 Å². The lowest BCUT2D eigenvalue weighted by Gasteiger charge is -2.15. The first-order valence-corrected chi connectivity index (χ1v) is 9.21. The molecule has 29 heavy (non-hydrogen) atoms. The number of pyridine rings is 2. The number of halogens is 3. The molecule has 0 bridgehead atoms. The maximum Gasteiger partial charge on any atom is 0.337 e. The third kappa shape index (κ3) is 4.68. The zero-order valence-electron chi connectivity index (χ0n) is 15.1. The standard InChI is InChI=1S/C20H15BrF2N2O4/c1-10-15(7-14-5-3-11(8-24-14)20(27)28)18(17(21)19(26)25-10)29-9-12-2-4-13(22)6-16(12)23/h2-6,8H,7,9H2,1H3,(H,25,26)(H,27,28). The predicted molar refractivity (Wildman–Crippen MR) is 104 cm³/mol. The highest BCUT2D eigenvalue weighted by atomic mass is 79.9. The molecule has 0 aliphatic carbocycles. The van der Waals surface area contributed by atoms with Gasteiger partial charge in [0.25, 0.3) is 5.56 Å². The van der Waals surface area contributed by atoms with Crippen molar-refractivity contribution < 1.29 is 23.4 Å². The first-order valence-electron chi connectivity index (χ1n) is 8.42. The Kier molecular flexibility index (Phi) is 6.07. The minimum Gasteiger partial charge on any atom is -0.487 e. The van der Waals surface area contributed by atoms with E-state index in [1.165, 1.54) is 18.3 Å². The molecule has 0 unspecified atom stereocenters. The van der Waals surface area contributed by atoms with Crippen LogP contribution in [0.3, 0.4) is 0 Å². The second-order valence-electron chi connectivity index (χ2n) is 6.25. The number of nitrogens with one attached hydrogen (secondary N) is 1. The molecule has 2 N–H and O–H groups in total. The van der Waals surface area contributed by atoms with Gasteiger partial charge in [-0.05, 0) is 47.1 Å². The van der Waals surface area contributed by atoms with E-state index in [-0.39, 0.29) is 34.4 Å². The lowest BCUT2D eigenvalue weighted by molar-refractivity contribution is 0.0696. The monoisotopic (exact) mass is 464 g/mol. The number of H-pyrrole nitrogens is 1. The van der Waals surface area contributed by atoms with Gasteiger partial charge in [-0.2, -0.15) is 0 Å². The summed E-state index contributed by atoms with van der Waals surface area (Å²) in [5, 5.41) is 8.98. The highest BCUT2D eigenvalue weighted by Gasteiger charge is 2.18. The minimum atomic E-state index is -1.09. The number of hydrogen-bond acceptors (Lipinski definition) is 4. The second-order valence-corrected chi connectivity index (χ2v) is 7.04. The zero-order chi connectivity index (χ0) is 21.1. The van der Waals surface area contributed by atoms with E-state index in [4.69, 9.17) is 9.84 Å². The molecule has 0 radical (unpaired) electrons. The van der Waals surface area contributed by atoms with Crippen LogP contribution in [0.4, 0.5) is 8.78 Å². The van der Waals surface area contributed by atoms with E-state index >= 15 is 0 Å². The lowest BCUT2D eigenvalue weighted by Crippen LogP contribution is -2.15. The first kappa shape index (κ1) is 20.7. The summed E-state index contributed by atoms with van der Waals surface area (Å²) in [4.78, 5) is 29.9. The molecule has 1 aromatic carbocycles. The van der Waals surface area contributed by atoms with Gasteiger partial charge in [-0.3, -0.25) is 9.78 Å². The number of hydrogen-bond donors (Lipinski definition) is 2. The first-order chi connectivity index (χ1) is 13.8. The highest BCUT2D eigenvalue weighted by molar-refractivity contribution is 9.10. The van der Waals surface area contributed by atoms with Crippen molar-refractivity contribution in [2.75, 3.05) is 0 Å². The van der Waals surface area contributed by atoms with Crippen molar-refractivity contribution >= 4 is 21.9 Å². The molecule has 3 rings (SSSR count). The van der Waals surface area contributed by atoms with Crippen LogP contribution in [0.2, 0.25) is 0 Å². The summed E-state index contributed by atoms with van der Waals surface area (Å²) >= 11 is 3.19.